The maximum Gasteiger partial charge on any atom is 0.337 e. The third-order valence-electron chi connectivity index (χ3n) is 4.47. The smallest absolute Gasteiger partial charge is 0.337 e. The van der Waals surface area contributed by atoms with Crippen molar-refractivity contribution in [2.24, 2.45) is 0 Å². The third kappa shape index (κ3) is 5.12. The Bertz CT molecular complexity index is 1040. The lowest BCUT2D eigenvalue weighted by Crippen LogP contribution is -2.24. The van der Waals surface area contributed by atoms with Gasteiger partial charge in [0, 0.05) is 17.0 Å². The second-order valence-corrected chi connectivity index (χ2v) is 7.64. The Hall–Kier alpha value is -3.45. The molecule has 0 spiro atoms. The van der Waals surface area contributed by atoms with Crippen molar-refractivity contribution in [3.63, 3.8) is 0 Å². The molecule has 0 radical (unpaired) electrons. The molecule has 30 heavy (non-hydrogen) atoms. The van der Waals surface area contributed by atoms with Crippen molar-refractivity contribution in [1.82, 2.24) is 5.32 Å². The highest BCUT2D eigenvalue weighted by Gasteiger charge is 2.18. The molecule has 0 saturated heterocycles. The number of ether oxygens (including phenoxy) is 1. The minimum absolute atomic E-state index is 0.244. The number of carbonyl (C=O) groups excluding carboxylic acids is 3. The van der Waals surface area contributed by atoms with Crippen LogP contribution in [0, 0.1) is 0 Å². The van der Waals surface area contributed by atoms with E-state index in [0.29, 0.717) is 28.2 Å². The van der Waals surface area contributed by atoms with Crippen LogP contribution in [0.2, 0.25) is 0 Å². The van der Waals surface area contributed by atoms with E-state index in [2.05, 4.69) is 15.4 Å². The summed E-state index contributed by atoms with van der Waals surface area (Å²) < 4.78 is 4.66. The fraction of sp³-hybridized carbons (Fsp3) is 0.174. The summed E-state index contributed by atoms with van der Waals surface area (Å²) in [7, 11) is 1.30. The van der Waals surface area contributed by atoms with Gasteiger partial charge in [0.15, 0.2) is 0 Å². The molecule has 0 atom stereocenters. The fourth-order valence-electron chi connectivity index (χ4n) is 2.80. The lowest BCUT2D eigenvalue weighted by molar-refractivity contribution is 0.0600. The number of benzene rings is 2. The van der Waals surface area contributed by atoms with E-state index in [4.69, 9.17) is 0 Å². The Balaban J connectivity index is 1.73. The lowest BCUT2D eigenvalue weighted by atomic mass is 10.1. The number of thiophene rings is 1. The highest BCUT2D eigenvalue weighted by atomic mass is 32.1. The molecule has 2 N–H and O–H groups in total. The predicted octanol–water partition coefficient (Wildman–Crippen LogP) is 4.28. The molecule has 0 saturated carbocycles. The topological polar surface area (TPSA) is 84.5 Å². The lowest BCUT2D eigenvalue weighted by Gasteiger charge is -2.08. The number of methoxy groups -OCH3 is 1. The van der Waals surface area contributed by atoms with E-state index in [0.717, 1.165) is 16.9 Å². The van der Waals surface area contributed by atoms with Gasteiger partial charge in [-0.05, 0) is 42.3 Å². The zero-order valence-corrected chi connectivity index (χ0v) is 17.5. The van der Waals surface area contributed by atoms with E-state index in [9.17, 15) is 14.4 Å². The van der Waals surface area contributed by atoms with Crippen molar-refractivity contribution in [3.05, 3.63) is 87.8 Å². The van der Waals surface area contributed by atoms with Crippen molar-refractivity contribution in [2.45, 2.75) is 19.9 Å². The van der Waals surface area contributed by atoms with Crippen LogP contribution in [0.5, 0.6) is 0 Å². The van der Waals surface area contributed by atoms with Gasteiger partial charge in [0.05, 0.1) is 18.2 Å². The number of aryl methyl sites for hydroxylation is 1. The molecule has 6 nitrogen and oxygen atoms in total. The number of rotatable bonds is 7. The van der Waals surface area contributed by atoms with Crippen LogP contribution in [-0.2, 0) is 17.7 Å². The Labute approximate surface area is 178 Å². The van der Waals surface area contributed by atoms with Crippen molar-refractivity contribution in [3.8, 4) is 0 Å². The van der Waals surface area contributed by atoms with Gasteiger partial charge in [0.2, 0.25) is 0 Å². The molecular weight excluding hydrogens is 400 g/mol. The monoisotopic (exact) mass is 422 g/mol. The maximum atomic E-state index is 12.7. The van der Waals surface area contributed by atoms with Crippen molar-refractivity contribution in [2.75, 3.05) is 12.4 Å². The van der Waals surface area contributed by atoms with E-state index in [-0.39, 0.29) is 11.8 Å². The summed E-state index contributed by atoms with van der Waals surface area (Å²) in [5.41, 5.74) is 2.17. The first kappa shape index (κ1) is 21.3. The molecule has 0 aliphatic heterocycles. The van der Waals surface area contributed by atoms with Gasteiger partial charge in [0.25, 0.3) is 11.8 Å². The van der Waals surface area contributed by atoms with Gasteiger partial charge in [-0.3, -0.25) is 9.59 Å². The van der Waals surface area contributed by atoms with Crippen LogP contribution in [0.1, 0.15) is 48.4 Å². The fourth-order valence-corrected chi connectivity index (χ4v) is 3.79. The van der Waals surface area contributed by atoms with E-state index < -0.39 is 5.97 Å². The first-order valence-corrected chi connectivity index (χ1v) is 10.3. The summed E-state index contributed by atoms with van der Waals surface area (Å²) in [6, 6.07) is 17.6. The molecule has 2 amide bonds. The summed E-state index contributed by atoms with van der Waals surface area (Å²) >= 11 is 1.38. The summed E-state index contributed by atoms with van der Waals surface area (Å²) in [6.45, 7) is 2.40. The van der Waals surface area contributed by atoms with E-state index in [1.165, 1.54) is 30.6 Å². The zero-order chi connectivity index (χ0) is 21.5. The van der Waals surface area contributed by atoms with E-state index in [1.807, 2.05) is 37.3 Å². The molecule has 0 aliphatic carbocycles. The molecule has 1 heterocycles. The molecule has 0 aliphatic rings. The molecule has 3 aromatic rings. The molecule has 7 heteroatoms. The Kier molecular flexibility index (Phi) is 6.98. The van der Waals surface area contributed by atoms with Gasteiger partial charge in [-0.1, -0.05) is 37.3 Å². The third-order valence-corrected chi connectivity index (χ3v) is 5.66. The average Bonchev–Trinajstić information content (AvgIpc) is 3.20. The van der Waals surface area contributed by atoms with Crippen molar-refractivity contribution in [1.29, 1.82) is 0 Å². The summed E-state index contributed by atoms with van der Waals surface area (Å²) in [6.07, 6.45) is 0.757. The van der Waals surface area contributed by atoms with Crippen molar-refractivity contribution < 1.29 is 19.1 Å². The highest BCUT2D eigenvalue weighted by Crippen LogP contribution is 2.29. The van der Waals surface area contributed by atoms with E-state index in [1.54, 1.807) is 18.2 Å². The van der Waals surface area contributed by atoms with Crippen LogP contribution in [0.3, 0.4) is 0 Å². The number of amides is 2. The normalized spacial score (nSPS) is 10.3. The van der Waals surface area contributed by atoms with Gasteiger partial charge in [0.1, 0.15) is 5.00 Å². The van der Waals surface area contributed by atoms with E-state index >= 15 is 0 Å². The minimum Gasteiger partial charge on any atom is -0.465 e. The molecule has 154 valence electrons. The number of esters is 1. The summed E-state index contributed by atoms with van der Waals surface area (Å²) in [5.74, 6) is -1.07. The molecular formula is C23H22N2O4S. The first-order valence-electron chi connectivity index (χ1n) is 9.46. The molecule has 2 aromatic carbocycles. The van der Waals surface area contributed by atoms with Gasteiger partial charge >= 0.3 is 5.97 Å². The van der Waals surface area contributed by atoms with Crippen LogP contribution in [0.4, 0.5) is 5.00 Å². The molecule has 0 unspecified atom stereocenters. The molecule has 3 rings (SSSR count). The van der Waals surface area contributed by atoms with Crippen LogP contribution in [0.25, 0.3) is 0 Å². The molecule has 0 fully saturated rings. The maximum absolute atomic E-state index is 12.7. The SMILES string of the molecule is CCc1cc(C(=O)NCc2ccccc2)c(NC(=O)c2ccc(C(=O)OC)cc2)s1. The van der Waals surface area contributed by atoms with Crippen LogP contribution in [0.15, 0.2) is 60.7 Å². The second-order valence-electron chi connectivity index (χ2n) is 6.50. The van der Waals surface area contributed by atoms with Crippen LogP contribution < -0.4 is 10.6 Å². The number of hydrogen-bond acceptors (Lipinski definition) is 5. The number of anilines is 1. The second kappa shape index (κ2) is 9.84. The highest BCUT2D eigenvalue weighted by molar-refractivity contribution is 7.16. The van der Waals surface area contributed by atoms with Crippen molar-refractivity contribution >= 4 is 34.1 Å². The quantitative estimate of drug-likeness (QED) is 0.557. The zero-order valence-electron chi connectivity index (χ0n) is 16.7. The Morgan fingerprint density at radius 2 is 1.60 bits per heavy atom. The number of nitrogens with one attached hydrogen (secondary N) is 2. The van der Waals surface area contributed by atoms with Crippen LogP contribution >= 0.6 is 11.3 Å². The minimum atomic E-state index is -0.467. The Morgan fingerprint density at radius 1 is 0.933 bits per heavy atom. The number of hydrogen-bond donors (Lipinski definition) is 2. The first-order chi connectivity index (χ1) is 14.5. The largest absolute Gasteiger partial charge is 0.465 e. The average molecular weight is 423 g/mol. The van der Waals surface area contributed by atoms with Gasteiger partial charge in [-0.25, -0.2) is 4.79 Å². The standard InChI is InChI=1S/C23H22N2O4S/c1-3-18-13-19(21(27)24-14-15-7-5-4-6-8-15)22(30-18)25-20(26)16-9-11-17(12-10-16)23(28)29-2/h4-13H,3,14H2,1-2H3,(H,24,27)(H,25,26). The predicted molar refractivity (Wildman–Crippen MR) is 117 cm³/mol. The summed E-state index contributed by atoms with van der Waals surface area (Å²) in [4.78, 5) is 37.9. The number of carbonyl (C=O) groups is 3. The van der Waals surface area contributed by atoms with Gasteiger partial charge in [-0.2, -0.15) is 0 Å². The Morgan fingerprint density at radius 3 is 2.23 bits per heavy atom. The van der Waals surface area contributed by atoms with Gasteiger partial charge < -0.3 is 15.4 Å². The van der Waals surface area contributed by atoms with Crippen LogP contribution in [-0.4, -0.2) is 24.9 Å². The van der Waals surface area contributed by atoms with Gasteiger partial charge in [-0.15, -0.1) is 11.3 Å². The summed E-state index contributed by atoms with van der Waals surface area (Å²) in [5, 5.41) is 6.22. The molecule has 0 bridgehead atoms. The molecule has 1 aromatic heterocycles.